The van der Waals surface area contributed by atoms with Gasteiger partial charge < -0.3 is 0 Å². The Balaban J connectivity index is 2.01. The summed E-state index contributed by atoms with van der Waals surface area (Å²) >= 11 is 4.02. The normalized spacial score (nSPS) is 11.9. The first-order valence-corrected chi connectivity index (χ1v) is 10.8. The van der Waals surface area contributed by atoms with Crippen LogP contribution in [0.3, 0.4) is 0 Å². The Morgan fingerprint density at radius 1 is 0.625 bits per heavy atom. The summed E-state index contributed by atoms with van der Waals surface area (Å²) in [4.78, 5) is 0. The summed E-state index contributed by atoms with van der Waals surface area (Å²) in [6, 6.07) is 18.4. The molecule has 0 bridgehead atoms. The van der Waals surface area contributed by atoms with Gasteiger partial charge in [0.05, 0.1) is 0 Å². The predicted octanol–water partition coefficient (Wildman–Crippen LogP) is 7.28. The SMILES string of the molecule is CC(C)SCc1ccc2ccc3ccc(CSC(C)C)cc3c2c1. The molecule has 0 fully saturated rings. The molecule has 2 heteroatoms. The molecule has 0 radical (unpaired) electrons. The van der Waals surface area contributed by atoms with Crippen LogP contribution in [0.2, 0.25) is 0 Å². The highest BCUT2D eigenvalue weighted by Gasteiger charge is 2.05. The molecule has 3 rings (SSSR count). The van der Waals surface area contributed by atoms with Gasteiger partial charge in [-0.25, -0.2) is 0 Å². The second kappa shape index (κ2) is 7.84. The van der Waals surface area contributed by atoms with Gasteiger partial charge in [0.25, 0.3) is 0 Å². The molecule has 0 heterocycles. The van der Waals surface area contributed by atoms with Crippen LogP contribution >= 0.6 is 23.5 Å². The lowest BCUT2D eigenvalue weighted by Gasteiger charge is -2.10. The van der Waals surface area contributed by atoms with Gasteiger partial charge in [0.1, 0.15) is 0 Å². The molecular formula is C22H26S2. The average Bonchev–Trinajstić information content (AvgIpc) is 2.57. The van der Waals surface area contributed by atoms with Crippen molar-refractivity contribution < 1.29 is 0 Å². The van der Waals surface area contributed by atoms with Crippen LogP contribution in [0, 0.1) is 0 Å². The highest BCUT2D eigenvalue weighted by atomic mass is 32.2. The third-order valence-corrected chi connectivity index (χ3v) is 6.47. The predicted molar refractivity (Wildman–Crippen MR) is 114 cm³/mol. The summed E-state index contributed by atoms with van der Waals surface area (Å²) in [5.41, 5.74) is 2.85. The number of thioether (sulfide) groups is 2. The summed E-state index contributed by atoms with van der Waals surface area (Å²) in [5, 5.41) is 6.82. The lowest BCUT2D eigenvalue weighted by Crippen LogP contribution is -1.91. The van der Waals surface area contributed by atoms with E-state index in [4.69, 9.17) is 0 Å². The van der Waals surface area contributed by atoms with Crippen LogP contribution < -0.4 is 0 Å². The molecule has 0 aromatic heterocycles. The molecule has 126 valence electrons. The number of rotatable bonds is 6. The van der Waals surface area contributed by atoms with Crippen molar-refractivity contribution in [1.82, 2.24) is 0 Å². The number of benzene rings is 3. The monoisotopic (exact) mass is 354 g/mol. The maximum atomic E-state index is 2.40. The van der Waals surface area contributed by atoms with Crippen LogP contribution in [-0.2, 0) is 11.5 Å². The quantitative estimate of drug-likeness (QED) is 0.427. The van der Waals surface area contributed by atoms with Gasteiger partial charge >= 0.3 is 0 Å². The molecule has 0 saturated carbocycles. The summed E-state index contributed by atoms with van der Waals surface area (Å²) in [6.07, 6.45) is 0. The highest BCUT2D eigenvalue weighted by molar-refractivity contribution is 7.99. The van der Waals surface area contributed by atoms with Gasteiger partial charge in [-0.15, -0.1) is 0 Å². The molecule has 0 aliphatic carbocycles. The van der Waals surface area contributed by atoms with Crippen molar-refractivity contribution in [3.8, 4) is 0 Å². The molecule has 0 saturated heterocycles. The molecule has 3 aromatic rings. The first kappa shape index (κ1) is 17.7. The van der Waals surface area contributed by atoms with E-state index in [0.717, 1.165) is 11.5 Å². The summed E-state index contributed by atoms with van der Waals surface area (Å²) < 4.78 is 0. The minimum absolute atomic E-state index is 0.674. The average molecular weight is 355 g/mol. The maximum Gasteiger partial charge on any atom is 0.0187 e. The molecule has 0 nitrogen and oxygen atoms in total. The smallest absolute Gasteiger partial charge is 0.0187 e. The standard InChI is InChI=1S/C22H26S2/c1-15(2)23-13-17-5-7-19-9-10-20-8-6-18(14-24-16(3)4)12-22(20)21(19)11-17/h5-12,15-16H,13-14H2,1-4H3. The molecule has 0 unspecified atom stereocenters. The van der Waals surface area contributed by atoms with Gasteiger partial charge in [0.15, 0.2) is 0 Å². The van der Waals surface area contributed by atoms with E-state index in [2.05, 4.69) is 76.2 Å². The maximum absolute atomic E-state index is 2.40. The third kappa shape index (κ3) is 4.29. The fourth-order valence-corrected chi connectivity index (χ4v) is 4.26. The van der Waals surface area contributed by atoms with E-state index in [9.17, 15) is 0 Å². The largest absolute Gasteiger partial charge is 0.154 e. The van der Waals surface area contributed by atoms with E-state index in [-0.39, 0.29) is 0 Å². The fraction of sp³-hybridized carbons (Fsp3) is 0.364. The second-order valence-electron chi connectivity index (χ2n) is 6.90. The Bertz CT molecular complexity index is 763. The number of fused-ring (bicyclic) bond motifs is 3. The molecule has 0 atom stereocenters. The van der Waals surface area contributed by atoms with E-state index in [1.807, 2.05) is 23.5 Å². The van der Waals surface area contributed by atoms with Crippen molar-refractivity contribution in [3.05, 3.63) is 59.7 Å². The second-order valence-corrected chi connectivity index (χ2v) is 10.0. The van der Waals surface area contributed by atoms with E-state index >= 15 is 0 Å². The summed E-state index contributed by atoms with van der Waals surface area (Å²) in [5.74, 6) is 2.18. The molecular weight excluding hydrogens is 328 g/mol. The number of hydrogen-bond acceptors (Lipinski definition) is 2. The van der Waals surface area contributed by atoms with Crippen molar-refractivity contribution in [2.45, 2.75) is 49.7 Å². The van der Waals surface area contributed by atoms with Crippen molar-refractivity contribution in [3.63, 3.8) is 0 Å². The van der Waals surface area contributed by atoms with E-state index in [0.29, 0.717) is 10.5 Å². The lowest BCUT2D eigenvalue weighted by molar-refractivity contribution is 1.11. The first-order valence-electron chi connectivity index (χ1n) is 8.70. The van der Waals surface area contributed by atoms with Crippen LogP contribution in [-0.4, -0.2) is 10.5 Å². The van der Waals surface area contributed by atoms with Gasteiger partial charge in [0, 0.05) is 11.5 Å². The van der Waals surface area contributed by atoms with E-state index < -0.39 is 0 Å². The van der Waals surface area contributed by atoms with Crippen molar-refractivity contribution in [2.24, 2.45) is 0 Å². The Morgan fingerprint density at radius 3 is 1.38 bits per heavy atom. The molecule has 0 aliphatic heterocycles. The Hall–Kier alpha value is -1.12. The van der Waals surface area contributed by atoms with E-state index in [1.165, 1.54) is 32.7 Å². The molecule has 24 heavy (non-hydrogen) atoms. The minimum atomic E-state index is 0.674. The highest BCUT2D eigenvalue weighted by Crippen LogP contribution is 2.30. The van der Waals surface area contributed by atoms with Gasteiger partial charge in [-0.05, 0) is 55.3 Å². The molecule has 0 spiro atoms. The van der Waals surface area contributed by atoms with Crippen LogP contribution in [0.25, 0.3) is 21.5 Å². The Kier molecular flexibility index (Phi) is 5.78. The molecule has 0 aliphatic rings. The van der Waals surface area contributed by atoms with Gasteiger partial charge in [-0.1, -0.05) is 64.1 Å². The number of hydrogen-bond donors (Lipinski definition) is 0. The van der Waals surface area contributed by atoms with Crippen molar-refractivity contribution in [1.29, 1.82) is 0 Å². The van der Waals surface area contributed by atoms with Crippen LogP contribution in [0.5, 0.6) is 0 Å². The van der Waals surface area contributed by atoms with Crippen LogP contribution in [0.4, 0.5) is 0 Å². The van der Waals surface area contributed by atoms with Crippen LogP contribution in [0.15, 0.2) is 48.5 Å². The van der Waals surface area contributed by atoms with Crippen LogP contribution in [0.1, 0.15) is 38.8 Å². The lowest BCUT2D eigenvalue weighted by atomic mass is 9.99. The first-order chi connectivity index (χ1) is 11.5. The topological polar surface area (TPSA) is 0 Å². The third-order valence-electron chi connectivity index (χ3n) is 4.13. The fourth-order valence-electron chi connectivity index (χ4n) is 2.85. The zero-order chi connectivity index (χ0) is 17.1. The minimum Gasteiger partial charge on any atom is -0.154 e. The van der Waals surface area contributed by atoms with Gasteiger partial charge in [0.2, 0.25) is 0 Å². The molecule has 3 aromatic carbocycles. The molecule has 0 N–H and O–H groups in total. The van der Waals surface area contributed by atoms with Gasteiger partial charge in [-0.3, -0.25) is 0 Å². The summed E-state index contributed by atoms with van der Waals surface area (Å²) in [6.45, 7) is 9.05. The molecule has 0 amide bonds. The van der Waals surface area contributed by atoms with Gasteiger partial charge in [-0.2, -0.15) is 23.5 Å². The van der Waals surface area contributed by atoms with Crippen molar-refractivity contribution in [2.75, 3.05) is 0 Å². The summed E-state index contributed by atoms with van der Waals surface area (Å²) in [7, 11) is 0. The zero-order valence-electron chi connectivity index (χ0n) is 15.0. The Morgan fingerprint density at radius 2 is 1.00 bits per heavy atom. The van der Waals surface area contributed by atoms with Crippen molar-refractivity contribution >= 4 is 45.1 Å². The Labute approximate surface area is 154 Å². The zero-order valence-corrected chi connectivity index (χ0v) is 16.6. The van der Waals surface area contributed by atoms with E-state index in [1.54, 1.807) is 0 Å².